The minimum atomic E-state index is -0.544. The second-order valence-electron chi connectivity index (χ2n) is 7.00. The Morgan fingerprint density at radius 3 is 2.27 bits per heavy atom. The number of nitrogens with one attached hydrogen (secondary N) is 1. The van der Waals surface area contributed by atoms with Crippen LogP contribution >= 0.6 is 0 Å². The van der Waals surface area contributed by atoms with E-state index in [1.165, 1.54) is 0 Å². The Balaban J connectivity index is 1.53. The Morgan fingerprint density at radius 1 is 1.04 bits per heavy atom. The summed E-state index contributed by atoms with van der Waals surface area (Å²) in [6.45, 7) is 0.890. The molecule has 1 saturated heterocycles. The molecular weight excluding hydrogens is 330 g/mol. The Morgan fingerprint density at radius 2 is 1.69 bits per heavy atom. The van der Waals surface area contributed by atoms with Gasteiger partial charge in [0, 0.05) is 43.7 Å². The van der Waals surface area contributed by atoms with Gasteiger partial charge in [-0.25, -0.2) is 0 Å². The molecule has 0 unspecified atom stereocenters. The van der Waals surface area contributed by atoms with Crippen LogP contribution in [-0.2, 0) is 4.74 Å². The quantitative estimate of drug-likeness (QED) is 0.893. The van der Waals surface area contributed by atoms with Crippen molar-refractivity contribution in [2.45, 2.75) is 24.0 Å². The summed E-state index contributed by atoms with van der Waals surface area (Å²) in [5.41, 5.74) is 0.284. The molecule has 2 heterocycles. The lowest BCUT2D eigenvalue weighted by Gasteiger charge is -2.54. The van der Waals surface area contributed by atoms with Gasteiger partial charge in [-0.05, 0) is 37.1 Å². The molecule has 1 N–H and O–H groups in total. The van der Waals surface area contributed by atoms with Gasteiger partial charge in [0.1, 0.15) is 5.54 Å². The molecule has 0 bridgehead atoms. The van der Waals surface area contributed by atoms with Gasteiger partial charge < -0.3 is 15.0 Å². The van der Waals surface area contributed by atoms with Crippen molar-refractivity contribution in [2.24, 2.45) is 0 Å². The summed E-state index contributed by atoms with van der Waals surface area (Å²) in [6.07, 6.45) is 4.98. The number of pyridine rings is 1. The molecule has 0 spiro atoms. The van der Waals surface area contributed by atoms with Gasteiger partial charge in [-0.1, -0.05) is 18.2 Å². The van der Waals surface area contributed by atoms with E-state index in [1.54, 1.807) is 48.7 Å². The lowest BCUT2D eigenvalue weighted by Crippen LogP contribution is -2.77. The van der Waals surface area contributed by atoms with Crippen LogP contribution in [-0.4, -0.2) is 53.0 Å². The van der Waals surface area contributed by atoms with E-state index in [0.717, 1.165) is 12.8 Å². The average Bonchev–Trinajstić information content (AvgIpc) is 3.46. The van der Waals surface area contributed by atoms with Gasteiger partial charge >= 0.3 is 0 Å². The van der Waals surface area contributed by atoms with Crippen molar-refractivity contribution >= 4 is 11.8 Å². The third-order valence-electron chi connectivity index (χ3n) is 5.49. The largest absolute Gasteiger partial charge is 0.376 e. The molecule has 2 aliphatic rings. The number of methoxy groups -OCH3 is 1. The summed E-state index contributed by atoms with van der Waals surface area (Å²) >= 11 is 0. The molecule has 2 amide bonds. The summed E-state index contributed by atoms with van der Waals surface area (Å²) in [6, 6.07) is 12.5. The number of carbonyl (C=O) groups is 2. The molecule has 2 aromatic rings. The van der Waals surface area contributed by atoms with Crippen molar-refractivity contribution in [3.8, 4) is 0 Å². The van der Waals surface area contributed by atoms with Crippen LogP contribution in [0.4, 0.5) is 0 Å². The lowest BCUT2D eigenvalue weighted by atomic mass is 9.80. The highest BCUT2D eigenvalue weighted by Gasteiger charge is 2.66. The predicted octanol–water partition coefficient (Wildman–Crippen LogP) is 1.89. The highest BCUT2D eigenvalue weighted by atomic mass is 16.5. The number of ether oxygens (including phenoxy) is 1. The minimum absolute atomic E-state index is 0.0520. The zero-order valence-corrected chi connectivity index (χ0v) is 14.6. The van der Waals surface area contributed by atoms with Gasteiger partial charge in [-0.15, -0.1) is 0 Å². The molecule has 1 aromatic carbocycles. The number of likely N-dealkylation sites (tertiary alicyclic amines) is 1. The molecule has 6 heteroatoms. The van der Waals surface area contributed by atoms with Crippen LogP contribution in [0.1, 0.15) is 33.6 Å². The second kappa shape index (κ2) is 6.21. The summed E-state index contributed by atoms with van der Waals surface area (Å²) in [5, 5.41) is 3.17. The second-order valence-corrected chi connectivity index (χ2v) is 7.00. The number of hydrogen-bond donors (Lipinski definition) is 1. The van der Waals surface area contributed by atoms with Gasteiger partial charge in [0.05, 0.1) is 5.60 Å². The number of benzene rings is 1. The van der Waals surface area contributed by atoms with E-state index in [1.807, 2.05) is 18.2 Å². The molecule has 1 aliphatic carbocycles. The lowest BCUT2D eigenvalue weighted by molar-refractivity contribution is -0.0709. The van der Waals surface area contributed by atoms with Crippen LogP contribution < -0.4 is 5.32 Å². The highest BCUT2D eigenvalue weighted by molar-refractivity contribution is 5.97. The first kappa shape index (κ1) is 16.7. The molecule has 1 saturated carbocycles. The van der Waals surface area contributed by atoms with Crippen molar-refractivity contribution in [1.29, 1.82) is 0 Å². The normalized spacial score (nSPS) is 19.3. The van der Waals surface area contributed by atoms with E-state index < -0.39 is 5.54 Å². The number of carbonyl (C=O) groups excluding carboxylic acids is 2. The SMILES string of the molecule is COC1(C2(NC(=O)c3ccccc3)CN(C(=O)c3ccncc3)C2)CC1. The maximum atomic E-state index is 12.7. The first-order valence-corrected chi connectivity index (χ1v) is 8.71. The van der Waals surface area contributed by atoms with Crippen molar-refractivity contribution in [2.75, 3.05) is 20.2 Å². The summed E-state index contributed by atoms with van der Waals surface area (Å²) in [7, 11) is 1.68. The number of aromatic nitrogens is 1. The van der Waals surface area contributed by atoms with E-state index in [-0.39, 0.29) is 17.4 Å². The van der Waals surface area contributed by atoms with E-state index in [2.05, 4.69) is 10.3 Å². The van der Waals surface area contributed by atoms with E-state index in [4.69, 9.17) is 4.74 Å². The van der Waals surface area contributed by atoms with Gasteiger partial charge in [0.2, 0.25) is 0 Å². The molecule has 134 valence electrons. The van der Waals surface area contributed by atoms with Gasteiger partial charge in [-0.2, -0.15) is 0 Å². The zero-order valence-electron chi connectivity index (χ0n) is 14.6. The fourth-order valence-electron chi connectivity index (χ4n) is 3.78. The Kier molecular flexibility index (Phi) is 4.00. The van der Waals surface area contributed by atoms with Crippen LogP contribution in [0.25, 0.3) is 0 Å². The fraction of sp³-hybridized carbons (Fsp3) is 0.350. The Hall–Kier alpha value is -2.73. The third-order valence-corrected chi connectivity index (χ3v) is 5.49. The number of nitrogens with zero attached hydrogens (tertiary/aromatic N) is 2. The van der Waals surface area contributed by atoms with Crippen molar-refractivity contribution in [3.63, 3.8) is 0 Å². The zero-order chi connectivity index (χ0) is 18.2. The first-order chi connectivity index (χ1) is 12.6. The third kappa shape index (κ3) is 2.66. The van der Waals surface area contributed by atoms with Gasteiger partial charge in [-0.3, -0.25) is 14.6 Å². The summed E-state index contributed by atoms with van der Waals surface area (Å²) < 4.78 is 5.76. The molecule has 26 heavy (non-hydrogen) atoms. The molecule has 4 rings (SSSR count). The van der Waals surface area contributed by atoms with Crippen molar-refractivity contribution in [1.82, 2.24) is 15.2 Å². The van der Waals surface area contributed by atoms with Gasteiger partial charge in [0.15, 0.2) is 0 Å². The van der Waals surface area contributed by atoms with E-state index >= 15 is 0 Å². The predicted molar refractivity (Wildman–Crippen MR) is 95.8 cm³/mol. The van der Waals surface area contributed by atoms with E-state index in [0.29, 0.717) is 24.2 Å². The number of rotatable bonds is 5. The molecular formula is C20H21N3O3. The molecule has 0 radical (unpaired) electrons. The van der Waals surface area contributed by atoms with Crippen LogP contribution in [0.15, 0.2) is 54.9 Å². The first-order valence-electron chi connectivity index (χ1n) is 8.71. The van der Waals surface area contributed by atoms with Crippen LogP contribution in [0.5, 0.6) is 0 Å². The maximum Gasteiger partial charge on any atom is 0.254 e. The van der Waals surface area contributed by atoms with Crippen molar-refractivity contribution < 1.29 is 14.3 Å². The Bertz CT molecular complexity index is 813. The topological polar surface area (TPSA) is 71.5 Å². The fourth-order valence-corrected chi connectivity index (χ4v) is 3.78. The number of hydrogen-bond acceptors (Lipinski definition) is 4. The van der Waals surface area contributed by atoms with Crippen LogP contribution in [0.3, 0.4) is 0 Å². The summed E-state index contributed by atoms with van der Waals surface area (Å²) in [4.78, 5) is 31.1. The summed E-state index contributed by atoms with van der Waals surface area (Å²) in [5.74, 6) is -0.186. The van der Waals surface area contributed by atoms with E-state index in [9.17, 15) is 9.59 Å². The maximum absolute atomic E-state index is 12.7. The molecule has 0 atom stereocenters. The molecule has 6 nitrogen and oxygen atoms in total. The average molecular weight is 351 g/mol. The Labute approximate surface area is 152 Å². The minimum Gasteiger partial charge on any atom is -0.376 e. The molecule has 1 aromatic heterocycles. The standard InChI is InChI=1S/C20H21N3O3/c1-26-20(9-10-20)19(22-17(24)15-5-3-2-4-6-15)13-23(14-19)18(25)16-7-11-21-12-8-16/h2-8,11-12H,9-10,13-14H2,1H3,(H,22,24). The smallest absolute Gasteiger partial charge is 0.254 e. The van der Waals surface area contributed by atoms with Crippen LogP contribution in [0.2, 0.25) is 0 Å². The van der Waals surface area contributed by atoms with Crippen molar-refractivity contribution in [3.05, 3.63) is 66.0 Å². The van der Waals surface area contributed by atoms with Crippen LogP contribution in [0, 0.1) is 0 Å². The van der Waals surface area contributed by atoms with Gasteiger partial charge in [0.25, 0.3) is 11.8 Å². The molecule has 1 aliphatic heterocycles. The number of amides is 2. The monoisotopic (exact) mass is 351 g/mol. The molecule has 2 fully saturated rings. The highest BCUT2D eigenvalue weighted by Crippen LogP contribution is 2.51.